The molecule has 1 aromatic carbocycles. The Hall–Kier alpha value is -2.97. The van der Waals surface area contributed by atoms with Crippen molar-refractivity contribution in [1.82, 2.24) is 4.98 Å². The third kappa shape index (κ3) is 3.24. The fraction of sp³-hybridized carbons (Fsp3) is 0.333. The van der Waals surface area contributed by atoms with Crippen molar-refractivity contribution in [2.45, 2.75) is 6.18 Å². The molecule has 4 rings (SSSR count). The number of carboxylic acid groups (broad SMARTS) is 1. The van der Waals surface area contributed by atoms with Crippen molar-refractivity contribution in [3.8, 4) is 5.75 Å². The summed E-state index contributed by atoms with van der Waals surface area (Å²) in [6.07, 6.45) is -3.37. The Morgan fingerprint density at radius 1 is 1.22 bits per heavy atom. The molecule has 6 nitrogen and oxygen atoms in total. The molecule has 142 valence electrons. The zero-order valence-corrected chi connectivity index (χ0v) is 14.1. The number of carbonyl (C=O) groups excluding carboxylic acids is 1. The number of benzene rings is 1. The summed E-state index contributed by atoms with van der Waals surface area (Å²) in [4.78, 5) is 18.1. The maximum absolute atomic E-state index is 12.9. The molecule has 27 heavy (non-hydrogen) atoms. The highest BCUT2D eigenvalue weighted by Gasteiger charge is 2.35. The highest BCUT2D eigenvalue weighted by Crippen LogP contribution is 2.40. The van der Waals surface area contributed by atoms with E-state index < -0.39 is 23.8 Å². The van der Waals surface area contributed by atoms with Gasteiger partial charge in [-0.3, -0.25) is 0 Å². The first-order valence-electron chi connectivity index (χ1n) is 8.36. The summed E-state index contributed by atoms with van der Waals surface area (Å²) in [5.41, 5.74) is 1.08. The SMILES string of the molecule is O=C([O-])C1CN(c2cccc(N3CCOc4cc(C(F)(F)F)ncc43)c2)C1. The van der Waals surface area contributed by atoms with E-state index in [1.54, 1.807) is 0 Å². The van der Waals surface area contributed by atoms with Gasteiger partial charge in [-0.05, 0) is 18.2 Å². The van der Waals surface area contributed by atoms with Gasteiger partial charge in [-0.1, -0.05) is 6.07 Å². The van der Waals surface area contributed by atoms with E-state index in [-0.39, 0.29) is 12.4 Å². The van der Waals surface area contributed by atoms with Crippen LogP contribution in [0.2, 0.25) is 0 Å². The number of alkyl halides is 3. The fourth-order valence-electron chi connectivity index (χ4n) is 3.23. The fourth-order valence-corrected chi connectivity index (χ4v) is 3.23. The van der Waals surface area contributed by atoms with Gasteiger partial charge in [0.2, 0.25) is 0 Å². The Kier molecular flexibility index (Phi) is 4.09. The van der Waals surface area contributed by atoms with Gasteiger partial charge >= 0.3 is 6.18 Å². The van der Waals surface area contributed by atoms with Crippen molar-refractivity contribution >= 4 is 23.0 Å². The molecule has 1 saturated heterocycles. The average Bonchev–Trinajstić information content (AvgIpc) is 2.58. The molecule has 0 N–H and O–H groups in total. The smallest absolute Gasteiger partial charge is 0.433 e. The number of pyridine rings is 1. The van der Waals surface area contributed by atoms with Crippen LogP contribution in [0.1, 0.15) is 5.69 Å². The molecule has 0 unspecified atom stereocenters. The molecule has 0 saturated carbocycles. The van der Waals surface area contributed by atoms with E-state index in [4.69, 9.17) is 4.74 Å². The Balaban J connectivity index is 1.60. The summed E-state index contributed by atoms with van der Waals surface area (Å²) < 4.78 is 44.0. The van der Waals surface area contributed by atoms with Crippen LogP contribution in [0.25, 0.3) is 0 Å². The minimum atomic E-state index is -4.53. The van der Waals surface area contributed by atoms with Crippen LogP contribution in [0.5, 0.6) is 5.75 Å². The predicted octanol–water partition coefficient (Wildman–Crippen LogP) is 1.82. The minimum absolute atomic E-state index is 0.134. The zero-order valence-electron chi connectivity index (χ0n) is 14.1. The molecule has 9 heteroatoms. The Labute approximate surface area is 152 Å². The van der Waals surface area contributed by atoms with Crippen molar-refractivity contribution in [3.63, 3.8) is 0 Å². The highest BCUT2D eigenvalue weighted by molar-refractivity contribution is 5.75. The van der Waals surface area contributed by atoms with Gasteiger partial charge in [0.15, 0.2) is 0 Å². The number of hydrogen-bond donors (Lipinski definition) is 0. The molecule has 3 heterocycles. The first-order valence-corrected chi connectivity index (χ1v) is 8.36. The molecule has 0 atom stereocenters. The lowest BCUT2D eigenvalue weighted by atomic mass is 9.99. The van der Waals surface area contributed by atoms with E-state index in [9.17, 15) is 23.1 Å². The number of aliphatic carboxylic acids is 1. The Morgan fingerprint density at radius 3 is 2.67 bits per heavy atom. The molecule has 0 radical (unpaired) electrons. The van der Waals surface area contributed by atoms with Crippen LogP contribution in [-0.2, 0) is 11.0 Å². The standard InChI is InChI=1S/C18H16F3N3O3/c19-18(20,21)16-7-15-14(8-22-16)24(4-5-27-15)13-3-1-2-12(6-13)23-9-11(10-23)17(25)26/h1-3,6-8,11H,4-5,9-10H2,(H,25,26)/p-1. The molecule has 0 spiro atoms. The van der Waals surface area contributed by atoms with E-state index in [1.165, 1.54) is 6.20 Å². The molecule has 0 aliphatic carbocycles. The van der Waals surface area contributed by atoms with Crippen molar-refractivity contribution in [1.29, 1.82) is 0 Å². The third-order valence-electron chi connectivity index (χ3n) is 4.72. The van der Waals surface area contributed by atoms with Crippen LogP contribution in [-0.4, -0.2) is 37.2 Å². The summed E-state index contributed by atoms with van der Waals surface area (Å²) in [6.45, 7) is 1.46. The highest BCUT2D eigenvalue weighted by atomic mass is 19.4. The first-order chi connectivity index (χ1) is 12.8. The molecular formula is C18H15F3N3O3-. The second-order valence-electron chi connectivity index (χ2n) is 6.48. The summed E-state index contributed by atoms with van der Waals surface area (Å²) in [6, 6.07) is 8.31. The predicted molar refractivity (Wildman–Crippen MR) is 88.9 cm³/mol. The molecule has 2 aliphatic heterocycles. The van der Waals surface area contributed by atoms with Crippen LogP contribution in [0.15, 0.2) is 36.5 Å². The van der Waals surface area contributed by atoms with Gasteiger partial charge < -0.3 is 24.4 Å². The van der Waals surface area contributed by atoms with E-state index in [0.717, 1.165) is 17.4 Å². The number of carboxylic acids is 1. The molecule has 2 aliphatic rings. The van der Waals surface area contributed by atoms with Crippen LogP contribution in [0.4, 0.5) is 30.2 Å². The monoisotopic (exact) mass is 378 g/mol. The normalized spacial score (nSPS) is 17.1. The molecule has 1 aromatic heterocycles. The topological polar surface area (TPSA) is 68.7 Å². The van der Waals surface area contributed by atoms with Crippen LogP contribution < -0.4 is 19.6 Å². The van der Waals surface area contributed by atoms with Gasteiger partial charge in [-0.25, -0.2) is 4.98 Å². The molecule has 1 fully saturated rings. The Bertz CT molecular complexity index is 882. The molecule has 0 amide bonds. The lowest BCUT2D eigenvalue weighted by Crippen LogP contribution is -2.54. The number of aromatic nitrogens is 1. The number of ether oxygens (including phenoxy) is 1. The van der Waals surface area contributed by atoms with Gasteiger partial charge in [0.1, 0.15) is 23.7 Å². The van der Waals surface area contributed by atoms with E-state index in [2.05, 4.69) is 4.98 Å². The number of hydrogen-bond acceptors (Lipinski definition) is 6. The van der Waals surface area contributed by atoms with Gasteiger partial charge in [-0.2, -0.15) is 13.2 Å². The van der Waals surface area contributed by atoms with E-state index >= 15 is 0 Å². The molecule has 2 aromatic rings. The Morgan fingerprint density at radius 2 is 1.96 bits per heavy atom. The summed E-state index contributed by atoms with van der Waals surface area (Å²) >= 11 is 0. The maximum Gasteiger partial charge on any atom is 0.433 e. The average molecular weight is 378 g/mol. The lowest BCUT2D eigenvalue weighted by Gasteiger charge is -2.42. The van der Waals surface area contributed by atoms with Gasteiger partial charge in [-0.15, -0.1) is 0 Å². The lowest BCUT2D eigenvalue weighted by molar-refractivity contribution is -0.312. The van der Waals surface area contributed by atoms with Crippen LogP contribution in [0, 0.1) is 5.92 Å². The van der Waals surface area contributed by atoms with Crippen molar-refractivity contribution < 1.29 is 27.8 Å². The molecule has 0 bridgehead atoms. The van der Waals surface area contributed by atoms with Gasteiger partial charge in [0.25, 0.3) is 0 Å². The van der Waals surface area contributed by atoms with Crippen molar-refractivity contribution in [3.05, 3.63) is 42.2 Å². The van der Waals surface area contributed by atoms with E-state index in [0.29, 0.717) is 25.3 Å². The van der Waals surface area contributed by atoms with Crippen LogP contribution in [0.3, 0.4) is 0 Å². The third-order valence-corrected chi connectivity index (χ3v) is 4.72. The summed E-state index contributed by atoms with van der Waals surface area (Å²) in [7, 11) is 0. The number of anilines is 3. The number of fused-ring (bicyclic) bond motifs is 1. The van der Waals surface area contributed by atoms with Crippen LogP contribution >= 0.6 is 0 Å². The minimum Gasteiger partial charge on any atom is -0.550 e. The molecular weight excluding hydrogens is 363 g/mol. The van der Waals surface area contributed by atoms with Gasteiger partial charge in [0.05, 0.1) is 12.7 Å². The largest absolute Gasteiger partial charge is 0.550 e. The second kappa shape index (κ2) is 6.33. The second-order valence-corrected chi connectivity index (χ2v) is 6.48. The number of rotatable bonds is 3. The van der Waals surface area contributed by atoms with Gasteiger partial charge in [0, 0.05) is 42.4 Å². The van der Waals surface area contributed by atoms with Crippen molar-refractivity contribution in [2.24, 2.45) is 5.92 Å². The quantitative estimate of drug-likeness (QED) is 0.812. The van der Waals surface area contributed by atoms with Crippen molar-refractivity contribution in [2.75, 3.05) is 36.0 Å². The zero-order chi connectivity index (χ0) is 19.2. The summed E-state index contributed by atoms with van der Waals surface area (Å²) in [5, 5.41) is 10.9. The number of carbonyl (C=O) groups is 1. The number of nitrogens with zero attached hydrogens (tertiary/aromatic N) is 3. The van der Waals surface area contributed by atoms with E-state index in [1.807, 2.05) is 34.1 Å². The first kappa shape index (κ1) is 17.4. The number of halogens is 3. The maximum atomic E-state index is 12.9. The summed E-state index contributed by atoms with van der Waals surface area (Å²) in [5.74, 6) is -1.41.